The Morgan fingerprint density at radius 2 is 1.64 bits per heavy atom. The molecular formula is C18H21N5O2. The number of aromatic amines is 1. The number of hydrogen-bond donors (Lipinski definition) is 1. The highest BCUT2D eigenvalue weighted by Crippen LogP contribution is 2.33. The lowest BCUT2D eigenvalue weighted by Gasteiger charge is -2.29. The van der Waals surface area contributed by atoms with Gasteiger partial charge in [0.25, 0.3) is 0 Å². The van der Waals surface area contributed by atoms with Crippen molar-refractivity contribution in [3.8, 4) is 0 Å². The van der Waals surface area contributed by atoms with Crippen LogP contribution in [-0.4, -0.2) is 67.8 Å². The number of aromatic nitrogens is 3. The Hall–Kier alpha value is -2.38. The van der Waals surface area contributed by atoms with Gasteiger partial charge in [-0.2, -0.15) is 5.10 Å². The lowest BCUT2D eigenvalue weighted by atomic mass is 10.1. The first-order valence-corrected chi connectivity index (χ1v) is 8.82. The fourth-order valence-electron chi connectivity index (χ4n) is 3.70. The molecule has 4 heterocycles. The molecule has 2 aliphatic rings. The number of H-pyrrole nitrogens is 1. The summed E-state index contributed by atoms with van der Waals surface area (Å²) in [6.07, 6.45) is 1.88. The molecule has 1 N–H and O–H groups in total. The average molecular weight is 339 g/mol. The third-order valence-corrected chi connectivity index (χ3v) is 5.04. The Labute approximate surface area is 145 Å². The molecule has 0 atom stereocenters. The molecule has 0 unspecified atom stereocenters. The number of nitrogens with zero attached hydrogens (tertiary/aromatic N) is 4. The van der Waals surface area contributed by atoms with E-state index in [-0.39, 0.29) is 0 Å². The topological polar surface area (TPSA) is 66.5 Å². The first-order chi connectivity index (χ1) is 12.4. The van der Waals surface area contributed by atoms with E-state index >= 15 is 0 Å². The van der Waals surface area contributed by atoms with E-state index in [4.69, 9.17) is 9.47 Å². The van der Waals surface area contributed by atoms with Gasteiger partial charge in [0, 0.05) is 37.3 Å². The van der Waals surface area contributed by atoms with Crippen molar-refractivity contribution in [2.45, 2.75) is 0 Å². The maximum absolute atomic E-state index is 5.49. The van der Waals surface area contributed by atoms with E-state index in [0.717, 1.165) is 80.2 Å². The van der Waals surface area contributed by atoms with Crippen LogP contribution in [0.4, 0.5) is 11.5 Å². The van der Waals surface area contributed by atoms with Gasteiger partial charge in [-0.15, -0.1) is 0 Å². The zero-order chi connectivity index (χ0) is 16.6. The molecule has 0 saturated carbocycles. The molecule has 0 spiro atoms. The minimum atomic E-state index is 0.746. The van der Waals surface area contributed by atoms with E-state index in [1.54, 1.807) is 0 Å². The van der Waals surface area contributed by atoms with Crippen LogP contribution in [0.5, 0.6) is 0 Å². The molecule has 2 saturated heterocycles. The summed E-state index contributed by atoms with van der Waals surface area (Å²) in [6, 6.07) is 6.51. The average Bonchev–Trinajstić information content (AvgIpc) is 3.14. The van der Waals surface area contributed by atoms with Crippen molar-refractivity contribution in [2.24, 2.45) is 0 Å². The van der Waals surface area contributed by atoms with E-state index in [1.807, 2.05) is 6.20 Å². The summed E-state index contributed by atoms with van der Waals surface area (Å²) in [5.74, 6) is 1.00. The number of ether oxygens (including phenoxy) is 2. The van der Waals surface area contributed by atoms with Crippen LogP contribution < -0.4 is 9.80 Å². The second-order valence-corrected chi connectivity index (χ2v) is 6.49. The van der Waals surface area contributed by atoms with Crippen LogP contribution in [-0.2, 0) is 9.47 Å². The van der Waals surface area contributed by atoms with Crippen molar-refractivity contribution < 1.29 is 9.47 Å². The molecule has 2 aliphatic heterocycles. The molecule has 1 aromatic carbocycles. The largest absolute Gasteiger partial charge is 0.378 e. The lowest BCUT2D eigenvalue weighted by molar-refractivity contribution is 0.122. The number of benzene rings is 1. The van der Waals surface area contributed by atoms with E-state index in [2.05, 4.69) is 43.2 Å². The maximum Gasteiger partial charge on any atom is 0.159 e. The van der Waals surface area contributed by atoms with Crippen LogP contribution in [0.1, 0.15) is 0 Å². The highest BCUT2D eigenvalue weighted by Gasteiger charge is 2.20. The first-order valence-electron chi connectivity index (χ1n) is 8.82. The zero-order valence-electron chi connectivity index (χ0n) is 14.1. The summed E-state index contributed by atoms with van der Waals surface area (Å²) in [7, 11) is 0. The summed E-state index contributed by atoms with van der Waals surface area (Å²) in [4.78, 5) is 9.26. The normalized spacial score (nSPS) is 19.0. The number of anilines is 2. The van der Waals surface area contributed by atoms with Crippen molar-refractivity contribution in [3.05, 3.63) is 24.4 Å². The molecule has 7 heteroatoms. The Kier molecular flexibility index (Phi) is 3.68. The van der Waals surface area contributed by atoms with Crippen molar-refractivity contribution in [1.82, 2.24) is 15.2 Å². The van der Waals surface area contributed by atoms with Crippen LogP contribution in [0.15, 0.2) is 24.4 Å². The smallest absolute Gasteiger partial charge is 0.159 e. The summed E-state index contributed by atoms with van der Waals surface area (Å²) in [5.41, 5.74) is 3.20. The second-order valence-electron chi connectivity index (χ2n) is 6.49. The van der Waals surface area contributed by atoms with Crippen LogP contribution in [0.2, 0.25) is 0 Å². The molecule has 0 bridgehead atoms. The molecule has 0 radical (unpaired) electrons. The van der Waals surface area contributed by atoms with E-state index < -0.39 is 0 Å². The molecule has 5 rings (SSSR count). The third kappa shape index (κ3) is 2.60. The Balaban J connectivity index is 1.65. The quantitative estimate of drug-likeness (QED) is 0.768. The number of fused-ring (bicyclic) bond motifs is 3. The number of nitrogens with one attached hydrogen (secondary N) is 1. The summed E-state index contributed by atoms with van der Waals surface area (Å²) in [6.45, 7) is 6.65. The highest BCUT2D eigenvalue weighted by molar-refractivity contribution is 6.11. The third-order valence-electron chi connectivity index (χ3n) is 5.04. The molecule has 2 fully saturated rings. The first kappa shape index (κ1) is 14.9. The fourth-order valence-corrected chi connectivity index (χ4v) is 3.70. The summed E-state index contributed by atoms with van der Waals surface area (Å²) in [5, 5.41) is 10.0. The zero-order valence-corrected chi connectivity index (χ0v) is 14.1. The van der Waals surface area contributed by atoms with Crippen molar-refractivity contribution in [3.63, 3.8) is 0 Å². The minimum Gasteiger partial charge on any atom is -0.378 e. The van der Waals surface area contributed by atoms with Crippen LogP contribution >= 0.6 is 0 Å². The SMILES string of the molecule is c1cc2ncc3[nH]nc(N4CCOCC4)c3c2cc1N1CCOCC1. The Morgan fingerprint density at radius 1 is 0.920 bits per heavy atom. The van der Waals surface area contributed by atoms with E-state index in [1.165, 1.54) is 5.69 Å². The molecule has 130 valence electrons. The molecular weight excluding hydrogens is 318 g/mol. The summed E-state index contributed by atoms with van der Waals surface area (Å²) >= 11 is 0. The predicted molar refractivity (Wildman–Crippen MR) is 97.5 cm³/mol. The van der Waals surface area contributed by atoms with Crippen molar-refractivity contribution >= 4 is 33.3 Å². The van der Waals surface area contributed by atoms with Crippen molar-refractivity contribution in [2.75, 3.05) is 62.4 Å². The molecule has 25 heavy (non-hydrogen) atoms. The Morgan fingerprint density at radius 3 is 2.40 bits per heavy atom. The van der Waals surface area contributed by atoms with Crippen LogP contribution in [0.25, 0.3) is 21.8 Å². The summed E-state index contributed by atoms with van der Waals surface area (Å²) < 4.78 is 11.0. The van der Waals surface area contributed by atoms with Gasteiger partial charge in [0.1, 0.15) is 0 Å². The Bertz CT molecular complexity index is 897. The van der Waals surface area contributed by atoms with Crippen molar-refractivity contribution in [1.29, 1.82) is 0 Å². The van der Waals surface area contributed by atoms with Gasteiger partial charge in [-0.05, 0) is 18.2 Å². The lowest BCUT2D eigenvalue weighted by Crippen LogP contribution is -2.36. The van der Waals surface area contributed by atoms with Gasteiger partial charge < -0.3 is 19.3 Å². The number of hydrogen-bond acceptors (Lipinski definition) is 6. The number of pyridine rings is 1. The van der Waals surface area contributed by atoms with Gasteiger partial charge in [-0.1, -0.05) is 0 Å². The monoisotopic (exact) mass is 339 g/mol. The van der Waals surface area contributed by atoms with Gasteiger partial charge in [0.05, 0.1) is 49.0 Å². The van der Waals surface area contributed by atoms with Crippen LogP contribution in [0, 0.1) is 0 Å². The van der Waals surface area contributed by atoms with Gasteiger partial charge in [0.15, 0.2) is 5.82 Å². The minimum absolute atomic E-state index is 0.746. The number of rotatable bonds is 2. The molecule has 0 amide bonds. The molecule has 2 aromatic heterocycles. The van der Waals surface area contributed by atoms with Crippen LogP contribution in [0.3, 0.4) is 0 Å². The molecule has 7 nitrogen and oxygen atoms in total. The maximum atomic E-state index is 5.49. The van der Waals surface area contributed by atoms with E-state index in [0.29, 0.717) is 0 Å². The standard InChI is InChI=1S/C18H21N5O2/c1-2-15-14(11-13(1)22-3-7-24-8-4-22)17-16(12-19-15)20-21-18(17)23-5-9-25-10-6-23/h1-2,11-12H,3-10H2,(H,20,21). The predicted octanol–water partition coefficient (Wildman–Crippen LogP) is 1.78. The number of morpholine rings is 2. The van der Waals surface area contributed by atoms with Gasteiger partial charge in [-0.25, -0.2) is 0 Å². The fraction of sp³-hybridized carbons (Fsp3) is 0.444. The second kappa shape index (κ2) is 6.16. The van der Waals surface area contributed by atoms with Gasteiger partial charge in [-0.3, -0.25) is 10.1 Å². The van der Waals surface area contributed by atoms with E-state index in [9.17, 15) is 0 Å². The molecule has 0 aliphatic carbocycles. The molecule has 3 aromatic rings. The highest BCUT2D eigenvalue weighted by atomic mass is 16.5. The van der Waals surface area contributed by atoms with Gasteiger partial charge in [0.2, 0.25) is 0 Å². The van der Waals surface area contributed by atoms with Gasteiger partial charge >= 0.3 is 0 Å².